The molecule has 0 bridgehead atoms. The van der Waals surface area contributed by atoms with Crippen molar-refractivity contribution >= 4 is 11.6 Å². The van der Waals surface area contributed by atoms with Gasteiger partial charge >= 0.3 is 0 Å². The summed E-state index contributed by atoms with van der Waals surface area (Å²) >= 11 is 5.66. The Kier molecular flexibility index (Phi) is 2.61. The number of rotatable bonds is 1. The molecule has 1 heterocycles. The highest BCUT2D eigenvalue weighted by molar-refractivity contribution is 6.30. The molecule has 0 amide bonds. The third kappa shape index (κ3) is 1.57. The van der Waals surface area contributed by atoms with Crippen LogP contribution >= 0.6 is 11.6 Å². The van der Waals surface area contributed by atoms with E-state index in [1.54, 1.807) is 0 Å². The van der Waals surface area contributed by atoms with Crippen molar-refractivity contribution in [3.63, 3.8) is 0 Å². The van der Waals surface area contributed by atoms with E-state index in [9.17, 15) is 9.50 Å². The second-order valence-electron chi connectivity index (χ2n) is 3.48. The fourth-order valence-corrected chi connectivity index (χ4v) is 2.01. The molecule has 4 heteroatoms. The monoisotopic (exact) mass is 215 g/mol. The normalized spacial score (nSPS) is 21.4. The van der Waals surface area contributed by atoms with Crippen LogP contribution in [-0.2, 0) is 0 Å². The summed E-state index contributed by atoms with van der Waals surface area (Å²) in [6, 6.07) is 2.82. The van der Waals surface area contributed by atoms with Crippen LogP contribution in [0.15, 0.2) is 12.1 Å². The molecule has 0 aromatic heterocycles. The van der Waals surface area contributed by atoms with Crippen molar-refractivity contribution in [1.82, 2.24) is 5.32 Å². The second-order valence-corrected chi connectivity index (χ2v) is 3.89. The Hall–Kier alpha value is -0.800. The fraction of sp³-hybridized carbons (Fsp3) is 0.400. The summed E-state index contributed by atoms with van der Waals surface area (Å²) in [6.07, 6.45) is 0.838. The first-order valence-electron chi connectivity index (χ1n) is 4.57. The van der Waals surface area contributed by atoms with Crippen LogP contribution in [-0.4, -0.2) is 18.2 Å². The van der Waals surface area contributed by atoms with Crippen LogP contribution in [0, 0.1) is 5.82 Å². The maximum absolute atomic E-state index is 13.6. The van der Waals surface area contributed by atoms with E-state index in [2.05, 4.69) is 5.32 Å². The smallest absolute Gasteiger partial charge is 0.148 e. The second kappa shape index (κ2) is 3.75. The quantitative estimate of drug-likeness (QED) is 0.753. The van der Waals surface area contributed by atoms with Crippen molar-refractivity contribution in [1.29, 1.82) is 0 Å². The van der Waals surface area contributed by atoms with Gasteiger partial charge in [0.2, 0.25) is 0 Å². The topological polar surface area (TPSA) is 32.3 Å². The SMILES string of the molecule is Oc1ccc(Cl)c(F)c1C1CCNC1. The van der Waals surface area contributed by atoms with E-state index in [1.165, 1.54) is 12.1 Å². The molecule has 1 atom stereocenters. The molecule has 0 aliphatic carbocycles. The molecule has 1 aromatic carbocycles. The standard InChI is InChI=1S/C10H11ClFNO/c11-7-1-2-8(14)9(10(7)12)6-3-4-13-5-6/h1-2,6,13-14H,3-5H2. The van der Waals surface area contributed by atoms with Crippen molar-refractivity contribution in [3.05, 3.63) is 28.5 Å². The average molecular weight is 216 g/mol. The van der Waals surface area contributed by atoms with Crippen molar-refractivity contribution in [2.45, 2.75) is 12.3 Å². The highest BCUT2D eigenvalue weighted by atomic mass is 35.5. The van der Waals surface area contributed by atoms with Crippen molar-refractivity contribution in [2.24, 2.45) is 0 Å². The number of benzene rings is 1. The van der Waals surface area contributed by atoms with Gasteiger partial charge in [-0.15, -0.1) is 0 Å². The molecule has 0 spiro atoms. The molecule has 1 saturated heterocycles. The molecule has 1 fully saturated rings. The van der Waals surface area contributed by atoms with E-state index in [1.807, 2.05) is 0 Å². The molecule has 1 aliphatic heterocycles. The number of phenols is 1. The molecule has 0 radical (unpaired) electrons. The molecular formula is C10H11ClFNO. The minimum absolute atomic E-state index is 0.000556. The van der Waals surface area contributed by atoms with Gasteiger partial charge in [0.05, 0.1) is 5.02 Å². The zero-order valence-electron chi connectivity index (χ0n) is 7.56. The van der Waals surface area contributed by atoms with E-state index >= 15 is 0 Å². The van der Waals surface area contributed by atoms with Gasteiger partial charge in [0.1, 0.15) is 11.6 Å². The molecule has 14 heavy (non-hydrogen) atoms. The largest absolute Gasteiger partial charge is 0.508 e. The van der Waals surface area contributed by atoms with Gasteiger partial charge in [0.15, 0.2) is 0 Å². The predicted molar refractivity (Wildman–Crippen MR) is 53.3 cm³/mol. The minimum Gasteiger partial charge on any atom is -0.508 e. The highest BCUT2D eigenvalue weighted by Gasteiger charge is 2.24. The average Bonchev–Trinajstić information content (AvgIpc) is 2.65. The van der Waals surface area contributed by atoms with E-state index < -0.39 is 5.82 Å². The van der Waals surface area contributed by atoms with Gasteiger partial charge in [0.25, 0.3) is 0 Å². The van der Waals surface area contributed by atoms with E-state index in [-0.39, 0.29) is 16.7 Å². The van der Waals surface area contributed by atoms with Crippen molar-refractivity contribution in [2.75, 3.05) is 13.1 Å². The summed E-state index contributed by atoms with van der Waals surface area (Å²) in [5.74, 6) is -0.449. The van der Waals surface area contributed by atoms with Crippen LogP contribution < -0.4 is 5.32 Å². The lowest BCUT2D eigenvalue weighted by atomic mass is 9.97. The van der Waals surface area contributed by atoms with Crippen LogP contribution in [0.2, 0.25) is 5.02 Å². The van der Waals surface area contributed by atoms with Gasteiger partial charge in [-0.05, 0) is 25.1 Å². The summed E-state index contributed by atoms with van der Waals surface area (Å²) < 4.78 is 13.6. The first-order valence-corrected chi connectivity index (χ1v) is 4.95. The summed E-state index contributed by atoms with van der Waals surface area (Å²) in [6.45, 7) is 1.56. The Morgan fingerprint density at radius 3 is 2.93 bits per heavy atom. The number of aromatic hydroxyl groups is 1. The lowest BCUT2D eigenvalue weighted by molar-refractivity contribution is 0.451. The van der Waals surface area contributed by atoms with Crippen LogP contribution in [0.4, 0.5) is 4.39 Å². The number of halogens is 2. The number of hydrogen-bond acceptors (Lipinski definition) is 2. The maximum Gasteiger partial charge on any atom is 0.148 e. The van der Waals surface area contributed by atoms with Crippen molar-refractivity contribution < 1.29 is 9.50 Å². The van der Waals surface area contributed by atoms with Gasteiger partial charge in [-0.3, -0.25) is 0 Å². The van der Waals surface area contributed by atoms with Gasteiger partial charge in [-0.25, -0.2) is 4.39 Å². The Morgan fingerprint density at radius 2 is 2.29 bits per heavy atom. The van der Waals surface area contributed by atoms with E-state index in [0.29, 0.717) is 12.1 Å². The van der Waals surface area contributed by atoms with E-state index in [0.717, 1.165) is 13.0 Å². The van der Waals surface area contributed by atoms with E-state index in [4.69, 9.17) is 11.6 Å². The third-order valence-electron chi connectivity index (χ3n) is 2.58. The zero-order valence-corrected chi connectivity index (χ0v) is 8.31. The fourth-order valence-electron chi connectivity index (χ4n) is 1.85. The highest BCUT2D eigenvalue weighted by Crippen LogP contribution is 2.35. The van der Waals surface area contributed by atoms with Crippen LogP contribution in [0.5, 0.6) is 5.75 Å². The Bertz CT molecular complexity index is 350. The molecule has 1 aromatic rings. The molecule has 2 nitrogen and oxygen atoms in total. The molecule has 2 rings (SSSR count). The molecule has 0 saturated carbocycles. The first kappa shape index (κ1) is 9.74. The first-order chi connectivity index (χ1) is 6.70. The zero-order chi connectivity index (χ0) is 10.1. The molecule has 2 N–H and O–H groups in total. The summed E-state index contributed by atoms with van der Waals surface area (Å²) in [5, 5.41) is 12.7. The predicted octanol–water partition coefficient (Wildman–Crippen LogP) is 2.26. The maximum atomic E-state index is 13.6. The third-order valence-corrected chi connectivity index (χ3v) is 2.87. The van der Waals surface area contributed by atoms with Crippen molar-refractivity contribution in [3.8, 4) is 5.75 Å². The lowest BCUT2D eigenvalue weighted by Gasteiger charge is -2.12. The molecular weight excluding hydrogens is 205 g/mol. The van der Waals surface area contributed by atoms with Gasteiger partial charge in [-0.2, -0.15) is 0 Å². The summed E-state index contributed by atoms with van der Waals surface area (Å²) in [4.78, 5) is 0. The van der Waals surface area contributed by atoms with Gasteiger partial charge in [0, 0.05) is 18.0 Å². The molecule has 1 aliphatic rings. The summed E-state index contributed by atoms with van der Waals surface area (Å²) in [7, 11) is 0. The molecule has 1 unspecified atom stereocenters. The Labute approximate surface area is 86.7 Å². The van der Waals surface area contributed by atoms with Crippen LogP contribution in [0.3, 0.4) is 0 Å². The summed E-state index contributed by atoms with van der Waals surface area (Å²) in [5.41, 5.74) is 0.350. The van der Waals surface area contributed by atoms with Crippen LogP contribution in [0.1, 0.15) is 17.9 Å². The lowest BCUT2D eigenvalue weighted by Crippen LogP contribution is -2.09. The number of nitrogens with one attached hydrogen (secondary N) is 1. The van der Waals surface area contributed by atoms with Gasteiger partial charge < -0.3 is 10.4 Å². The Morgan fingerprint density at radius 1 is 1.50 bits per heavy atom. The molecule has 76 valence electrons. The number of phenolic OH excluding ortho intramolecular Hbond substituents is 1. The van der Waals surface area contributed by atoms with Crippen LogP contribution in [0.25, 0.3) is 0 Å². The minimum atomic E-state index is -0.486. The number of hydrogen-bond donors (Lipinski definition) is 2. The van der Waals surface area contributed by atoms with Gasteiger partial charge in [-0.1, -0.05) is 11.6 Å². The Balaban J connectivity index is 2.44.